The number of hydrogen-bond acceptors (Lipinski definition) is 3. The molecule has 2 fully saturated rings. The summed E-state index contributed by atoms with van der Waals surface area (Å²) in [6, 6.07) is 0.285. The van der Waals surface area contributed by atoms with Gasteiger partial charge >= 0.3 is 0 Å². The van der Waals surface area contributed by atoms with E-state index >= 15 is 0 Å². The summed E-state index contributed by atoms with van der Waals surface area (Å²) in [5.41, 5.74) is 8.26. The van der Waals surface area contributed by atoms with Gasteiger partial charge in [-0.05, 0) is 18.4 Å². The van der Waals surface area contributed by atoms with Crippen molar-refractivity contribution in [3.8, 4) is 0 Å². The van der Waals surface area contributed by atoms with Gasteiger partial charge in [-0.25, -0.2) is 0 Å². The van der Waals surface area contributed by atoms with Crippen LogP contribution in [0.2, 0.25) is 0 Å². The maximum atomic E-state index is 12.0. The Morgan fingerprint density at radius 2 is 2.29 bits per heavy atom. The summed E-state index contributed by atoms with van der Waals surface area (Å²) >= 11 is 0. The normalized spacial score (nSPS) is 28.8. The van der Waals surface area contributed by atoms with Gasteiger partial charge < -0.3 is 9.64 Å². The van der Waals surface area contributed by atoms with Crippen LogP contribution in [0.25, 0.3) is 10.4 Å². The third kappa shape index (κ3) is 2.90. The van der Waals surface area contributed by atoms with Crippen molar-refractivity contribution >= 4 is 5.91 Å². The molecule has 2 atom stereocenters. The Balaban J connectivity index is 2.06. The summed E-state index contributed by atoms with van der Waals surface area (Å²) in [5.74, 6) is 0.395. The van der Waals surface area contributed by atoms with Crippen LogP contribution in [0.3, 0.4) is 0 Å². The highest BCUT2D eigenvalue weighted by Crippen LogP contribution is 2.30. The standard InChI is InChI=1S/C11H18N4O2/c12-14-13-7-11(16)15-5-6-17-8-9-3-1-2-4-10(9)15/h9-10H,1-8H2/t9-,10+/m1/s1. The molecule has 0 bridgehead atoms. The maximum Gasteiger partial charge on any atom is 0.228 e. The second-order valence-electron chi connectivity index (χ2n) is 4.66. The average Bonchev–Trinajstić information content (AvgIpc) is 2.58. The van der Waals surface area contributed by atoms with E-state index in [9.17, 15) is 4.79 Å². The van der Waals surface area contributed by atoms with Crippen molar-refractivity contribution in [3.05, 3.63) is 10.4 Å². The number of fused-ring (bicyclic) bond motifs is 1. The summed E-state index contributed by atoms with van der Waals surface area (Å²) in [4.78, 5) is 16.5. The highest BCUT2D eigenvalue weighted by atomic mass is 16.5. The van der Waals surface area contributed by atoms with E-state index in [1.54, 1.807) is 0 Å². The predicted octanol–water partition coefficient (Wildman–Crippen LogP) is 1.71. The minimum absolute atomic E-state index is 0.0646. The quantitative estimate of drug-likeness (QED) is 0.417. The number of ether oxygens (including phenoxy) is 1. The first-order valence-corrected chi connectivity index (χ1v) is 6.21. The fourth-order valence-electron chi connectivity index (χ4n) is 2.85. The van der Waals surface area contributed by atoms with Gasteiger partial charge in [0, 0.05) is 23.4 Å². The van der Waals surface area contributed by atoms with E-state index < -0.39 is 0 Å². The van der Waals surface area contributed by atoms with E-state index in [1.807, 2.05) is 4.90 Å². The highest BCUT2D eigenvalue weighted by Gasteiger charge is 2.34. The zero-order valence-corrected chi connectivity index (χ0v) is 9.92. The molecule has 6 nitrogen and oxygen atoms in total. The molecular formula is C11H18N4O2. The molecule has 1 aliphatic carbocycles. The smallest absolute Gasteiger partial charge is 0.228 e. The lowest BCUT2D eigenvalue weighted by Crippen LogP contribution is -2.47. The molecule has 17 heavy (non-hydrogen) atoms. The predicted molar refractivity (Wildman–Crippen MR) is 62.3 cm³/mol. The molecule has 0 unspecified atom stereocenters. The molecule has 1 aliphatic heterocycles. The molecular weight excluding hydrogens is 220 g/mol. The fourth-order valence-corrected chi connectivity index (χ4v) is 2.85. The Kier molecular flexibility index (Phi) is 4.23. The van der Waals surface area contributed by atoms with E-state index in [2.05, 4.69) is 10.0 Å². The topological polar surface area (TPSA) is 78.3 Å². The van der Waals surface area contributed by atoms with Crippen molar-refractivity contribution in [1.82, 2.24) is 4.90 Å². The summed E-state index contributed by atoms with van der Waals surface area (Å²) in [6.07, 6.45) is 4.58. The molecule has 0 aromatic carbocycles. The van der Waals surface area contributed by atoms with Gasteiger partial charge in [0.25, 0.3) is 0 Å². The van der Waals surface area contributed by atoms with Gasteiger partial charge in [-0.15, -0.1) is 0 Å². The molecule has 1 amide bonds. The Morgan fingerprint density at radius 1 is 1.47 bits per heavy atom. The first kappa shape index (κ1) is 12.2. The fraction of sp³-hybridized carbons (Fsp3) is 0.909. The molecule has 94 valence electrons. The molecule has 1 saturated heterocycles. The lowest BCUT2D eigenvalue weighted by atomic mass is 9.84. The van der Waals surface area contributed by atoms with Crippen LogP contribution in [0.15, 0.2) is 5.11 Å². The first-order valence-electron chi connectivity index (χ1n) is 6.21. The van der Waals surface area contributed by atoms with E-state index in [0.29, 0.717) is 19.1 Å². The van der Waals surface area contributed by atoms with E-state index in [1.165, 1.54) is 12.8 Å². The number of rotatable bonds is 2. The van der Waals surface area contributed by atoms with Gasteiger partial charge in [0.05, 0.1) is 13.2 Å². The zero-order chi connectivity index (χ0) is 12.1. The Bertz CT molecular complexity index is 327. The largest absolute Gasteiger partial charge is 0.379 e. The molecule has 0 radical (unpaired) electrons. The number of carbonyl (C=O) groups is 1. The minimum atomic E-state index is -0.0697. The third-order valence-electron chi connectivity index (χ3n) is 3.67. The van der Waals surface area contributed by atoms with Gasteiger partial charge in [-0.3, -0.25) is 4.79 Å². The summed E-state index contributed by atoms with van der Waals surface area (Å²) < 4.78 is 5.55. The zero-order valence-electron chi connectivity index (χ0n) is 9.92. The van der Waals surface area contributed by atoms with Crippen LogP contribution < -0.4 is 0 Å². The van der Waals surface area contributed by atoms with Gasteiger partial charge in [-0.2, -0.15) is 0 Å². The second kappa shape index (κ2) is 5.89. The summed E-state index contributed by atoms with van der Waals surface area (Å²) in [5, 5.41) is 3.36. The third-order valence-corrected chi connectivity index (χ3v) is 3.67. The summed E-state index contributed by atoms with van der Waals surface area (Å²) in [6.45, 7) is 1.91. The molecule has 6 heteroatoms. The molecule has 0 N–H and O–H groups in total. The van der Waals surface area contributed by atoms with E-state index in [4.69, 9.17) is 10.3 Å². The average molecular weight is 238 g/mol. The van der Waals surface area contributed by atoms with Crippen LogP contribution in [0.4, 0.5) is 0 Å². The van der Waals surface area contributed by atoms with Crippen LogP contribution in [-0.2, 0) is 9.53 Å². The van der Waals surface area contributed by atoms with Crippen LogP contribution in [0.1, 0.15) is 25.7 Å². The van der Waals surface area contributed by atoms with Crippen molar-refractivity contribution in [2.45, 2.75) is 31.7 Å². The monoisotopic (exact) mass is 238 g/mol. The Morgan fingerprint density at radius 3 is 3.12 bits per heavy atom. The molecule has 0 aromatic rings. The molecule has 0 aromatic heterocycles. The molecule has 2 rings (SSSR count). The Labute approximate surface area is 101 Å². The van der Waals surface area contributed by atoms with Crippen molar-refractivity contribution < 1.29 is 9.53 Å². The minimum Gasteiger partial charge on any atom is -0.379 e. The number of azide groups is 1. The van der Waals surface area contributed by atoms with Crippen LogP contribution >= 0.6 is 0 Å². The molecule has 2 aliphatic rings. The van der Waals surface area contributed by atoms with Gasteiger partial charge in [0.2, 0.25) is 5.91 Å². The van der Waals surface area contributed by atoms with Crippen molar-refractivity contribution in [2.24, 2.45) is 11.0 Å². The number of hydrogen-bond donors (Lipinski definition) is 0. The van der Waals surface area contributed by atoms with Crippen molar-refractivity contribution in [1.29, 1.82) is 0 Å². The highest BCUT2D eigenvalue weighted by molar-refractivity contribution is 5.78. The van der Waals surface area contributed by atoms with Gasteiger partial charge in [0.1, 0.15) is 6.54 Å². The number of nitrogens with zero attached hydrogens (tertiary/aromatic N) is 4. The maximum absolute atomic E-state index is 12.0. The van der Waals surface area contributed by atoms with Crippen molar-refractivity contribution in [2.75, 3.05) is 26.3 Å². The summed E-state index contributed by atoms with van der Waals surface area (Å²) in [7, 11) is 0. The molecule has 0 spiro atoms. The second-order valence-corrected chi connectivity index (χ2v) is 4.66. The number of amides is 1. The SMILES string of the molecule is [N-]=[N+]=NCC(=O)N1CCOC[C@H]2CCCC[C@@H]21. The van der Waals surface area contributed by atoms with E-state index in [0.717, 1.165) is 19.4 Å². The van der Waals surface area contributed by atoms with Crippen molar-refractivity contribution in [3.63, 3.8) is 0 Å². The molecule has 1 heterocycles. The number of carbonyl (C=O) groups excluding carboxylic acids is 1. The van der Waals surface area contributed by atoms with E-state index in [-0.39, 0.29) is 18.5 Å². The van der Waals surface area contributed by atoms with Crippen LogP contribution in [-0.4, -0.2) is 43.2 Å². The lowest BCUT2D eigenvalue weighted by Gasteiger charge is -2.37. The lowest BCUT2D eigenvalue weighted by molar-refractivity contribution is -0.133. The molecule has 1 saturated carbocycles. The first-order chi connectivity index (χ1) is 8.33. The van der Waals surface area contributed by atoms with Crippen LogP contribution in [0, 0.1) is 5.92 Å². The Hall–Kier alpha value is -1.26. The van der Waals surface area contributed by atoms with Gasteiger partial charge in [-0.1, -0.05) is 18.0 Å². The van der Waals surface area contributed by atoms with Crippen LogP contribution in [0.5, 0.6) is 0 Å². The van der Waals surface area contributed by atoms with Gasteiger partial charge in [0.15, 0.2) is 0 Å².